The number of para-hydroxylation sites is 1. The molecule has 20 heavy (non-hydrogen) atoms. The fourth-order valence-electron chi connectivity index (χ4n) is 2.27. The van der Waals surface area contributed by atoms with E-state index in [9.17, 15) is 4.79 Å². The first-order valence-electron chi connectivity index (χ1n) is 6.81. The van der Waals surface area contributed by atoms with Gasteiger partial charge >= 0.3 is 0 Å². The topological polar surface area (TPSA) is 65.4 Å². The van der Waals surface area contributed by atoms with E-state index in [1.54, 1.807) is 25.3 Å². The Morgan fingerprint density at radius 3 is 2.85 bits per heavy atom. The van der Waals surface area contributed by atoms with Crippen LogP contribution in [0.15, 0.2) is 18.2 Å². The number of rotatable bonds is 6. The fourth-order valence-corrected chi connectivity index (χ4v) is 2.27. The standard InChI is InChI=1S/C15H19N3O2/c1-3-18(12-7-8-12)14(19)10-17-15-11(9-16)5-4-6-13(15)20-2/h4-6,12,17H,3,7-8,10H2,1-2H3. The largest absolute Gasteiger partial charge is 0.495 e. The summed E-state index contributed by atoms with van der Waals surface area (Å²) in [4.78, 5) is 14.1. The van der Waals surface area contributed by atoms with Crippen LogP contribution in [-0.2, 0) is 4.79 Å². The third-order valence-corrected chi connectivity index (χ3v) is 3.43. The zero-order valence-corrected chi connectivity index (χ0v) is 11.8. The van der Waals surface area contributed by atoms with E-state index in [4.69, 9.17) is 10.00 Å². The molecule has 0 saturated heterocycles. The molecule has 0 unspecified atom stereocenters. The van der Waals surface area contributed by atoms with Gasteiger partial charge in [-0.05, 0) is 31.9 Å². The maximum Gasteiger partial charge on any atom is 0.242 e. The van der Waals surface area contributed by atoms with E-state index in [0.29, 0.717) is 23.0 Å². The summed E-state index contributed by atoms with van der Waals surface area (Å²) in [6.45, 7) is 2.89. The van der Waals surface area contributed by atoms with Crippen molar-refractivity contribution in [1.82, 2.24) is 4.90 Å². The summed E-state index contributed by atoms with van der Waals surface area (Å²) in [6.07, 6.45) is 2.19. The number of nitriles is 1. The molecule has 1 aliphatic carbocycles. The maximum absolute atomic E-state index is 12.2. The van der Waals surface area contributed by atoms with Crippen LogP contribution in [0.1, 0.15) is 25.3 Å². The molecule has 0 heterocycles. The Morgan fingerprint density at radius 2 is 2.30 bits per heavy atom. The lowest BCUT2D eigenvalue weighted by molar-refractivity contribution is -0.129. The average molecular weight is 273 g/mol. The lowest BCUT2D eigenvalue weighted by Crippen LogP contribution is -2.37. The molecule has 0 atom stereocenters. The second kappa shape index (κ2) is 6.29. The molecule has 0 bridgehead atoms. The SMILES string of the molecule is CCN(C(=O)CNc1c(C#N)cccc1OC)C1CC1. The van der Waals surface area contributed by atoms with Crippen LogP contribution in [0, 0.1) is 11.3 Å². The van der Waals surface area contributed by atoms with Gasteiger partial charge in [-0.1, -0.05) is 6.07 Å². The number of hydrogen-bond donors (Lipinski definition) is 1. The molecular weight excluding hydrogens is 254 g/mol. The van der Waals surface area contributed by atoms with Gasteiger partial charge in [-0.3, -0.25) is 4.79 Å². The van der Waals surface area contributed by atoms with Crippen LogP contribution in [0.25, 0.3) is 0 Å². The number of hydrogen-bond acceptors (Lipinski definition) is 4. The van der Waals surface area contributed by atoms with Crippen molar-refractivity contribution in [1.29, 1.82) is 5.26 Å². The molecule has 5 nitrogen and oxygen atoms in total. The van der Waals surface area contributed by atoms with Crippen LogP contribution < -0.4 is 10.1 Å². The van der Waals surface area contributed by atoms with Gasteiger partial charge in [0.15, 0.2) is 0 Å². The number of nitrogens with one attached hydrogen (secondary N) is 1. The third kappa shape index (κ3) is 3.02. The number of likely N-dealkylation sites (N-methyl/N-ethyl adjacent to an activating group) is 1. The van der Waals surface area contributed by atoms with E-state index < -0.39 is 0 Å². The first-order chi connectivity index (χ1) is 9.71. The highest BCUT2D eigenvalue weighted by Crippen LogP contribution is 2.29. The molecule has 0 aliphatic heterocycles. The molecule has 1 aromatic rings. The summed E-state index contributed by atoms with van der Waals surface area (Å²) in [7, 11) is 1.55. The van der Waals surface area contributed by atoms with Gasteiger partial charge < -0.3 is 15.0 Å². The van der Waals surface area contributed by atoms with Gasteiger partial charge in [0.05, 0.1) is 24.9 Å². The minimum Gasteiger partial charge on any atom is -0.495 e. The number of ether oxygens (including phenoxy) is 1. The van der Waals surface area contributed by atoms with Crippen molar-refractivity contribution in [3.8, 4) is 11.8 Å². The van der Waals surface area contributed by atoms with Crippen LogP contribution in [0.3, 0.4) is 0 Å². The lowest BCUT2D eigenvalue weighted by Gasteiger charge is -2.21. The summed E-state index contributed by atoms with van der Waals surface area (Å²) in [5, 5.41) is 12.2. The van der Waals surface area contributed by atoms with Gasteiger partial charge in [0.25, 0.3) is 0 Å². The zero-order valence-electron chi connectivity index (χ0n) is 11.8. The van der Waals surface area contributed by atoms with Gasteiger partial charge in [0, 0.05) is 12.6 Å². The highest BCUT2D eigenvalue weighted by atomic mass is 16.5. The minimum atomic E-state index is 0.0600. The molecule has 1 amide bonds. The van der Waals surface area contributed by atoms with Crippen LogP contribution in [-0.4, -0.2) is 37.0 Å². The Hall–Kier alpha value is -2.22. The number of anilines is 1. The van der Waals surface area contributed by atoms with Gasteiger partial charge in [-0.2, -0.15) is 5.26 Å². The monoisotopic (exact) mass is 273 g/mol. The first-order valence-corrected chi connectivity index (χ1v) is 6.81. The quantitative estimate of drug-likeness (QED) is 0.861. The number of benzene rings is 1. The van der Waals surface area contributed by atoms with Gasteiger partial charge in [-0.25, -0.2) is 0 Å². The molecular formula is C15H19N3O2. The molecule has 1 aliphatic rings. The fraction of sp³-hybridized carbons (Fsp3) is 0.467. The summed E-state index contributed by atoms with van der Waals surface area (Å²) in [5.74, 6) is 0.635. The summed E-state index contributed by atoms with van der Waals surface area (Å²) < 4.78 is 5.23. The van der Waals surface area contributed by atoms with Crippen molar-refractivity contribution in [2.24, 2.45) is 0 Å². The van der Waals surface area contributed by atoms with Crippen molar-refractivity contribution < 1.29 is 9.53 Å². The molecule has 0 aromatic heterocycles. The first kappa shape index (κ1) is 14.2. The number of amides is 1. The molecule has 1 saturated carbocycles. The predicted octanol–water partition coefficient (Wildman–Crippen LogP) is 1.99. The molecule has 106 valence electrons. The van der Waals surface area contributed by atoms with Gasteiger partial charge in [-0.15, -0.1) is 0 Å². The summed E-state index contributed by atoms with van der Waals surface area (Å²) in [5.41, 5.74) is 1.06. The third-order valence-electron chi connectivity index (χ3n) is 3.43. The molecule has 1 aromatic carbocycles. The summed E-state index contributed by atoms with van der Waals surface area (Å²) >= 11 is 0. The molecule has 0 spiro atoms. The number of nitrogens with zero attached hydrogens (tertiary/aromatic N) is 2. The van der Waals surface area contributed by atoms with Crippen LogP contribution >= 0.6 is 0 Å². The normalized spacial score (nSPS) is 13.4. The van der Waals surface area contributed by atoms with E-state index in [0.717, 1.165) is 19.4 Å². The Balaban J connectivity index is 2.06. The van der Waals surface area contributed by atoms with E-state index >= 15 is 0 Å². The van der Waals surface area contributed by atoms with E-state index in [2.05, 4.69) is 11.4 Å². The van der Waals surface area contributed by atoms with Crippen LogP contribution in [0.2, 0.25) is 0 Å². The lowest BCUT2D eigenvalue weighted by atomic mass is 10.1. The molecule has 1 fully saturated rings. The summed E-state index contributed by atoms with van der Waals surface area (Å²) in [6, 6.07) is 7.74. The minimum absolute atomic E-state index is 0.0600. The maximum atomic E-state index is 12.2. The van der Waals surface area contributed by atoms with Crippen LogP contribution in [0.4, 0.5) is 5.69 Å². The second-order valence-corrected chi connectivity index (χ2v) is 4.76. The van der Waals surface area contributed by atoms with Crippen molar-refractivity contribution in [2.45, 2.75) is 25.8 Å². The van der Waals surface area contributed by atoms with Crippen molar-refractivity contribution in [3.05, 3.63) is 23.8 Å². The Kier molecular flexibility index (Phi) is 4.46. The van der Waals surface area contributed by atoms with Gasteiger partial charge in [0.2, 0.25) is 5.91 Å². The molecule has 5 heteroatoms. The second-order valence-electron chi connectivity index (χ2n) is 4.76. The number of carbonyl (C=O) groups is 1. The Morgan fingerprint density at radius 1 is 1.55 bits per heavy atom. The Bertz CT molecular complexity index is 532. The molecule has 2 rings (SSSR count). The Labute approximate surface area is 119 Å². The highest BCUT2D eigenvalue weighted by molar-refractivity contribution is 5.83. The number of methoxy groups -OCH3 is 1. The highest BCUT2D eigenvalue weighted by Gasteiger charge is 2.31. The molecule has 0 radical (unpaired) electrons. The van der Waals surface area contributed by atoms with Crippen molar-refractivity contribution in [2.75, 3.05) is 25.5 Å². The van der Waals surface area contributed by atoms with E-state index in [1.807, 2.05) is 11.8 Å². The van der Waals surface area contributed by atoms with Gasteiger partial charge in [0.1, 0.15) is 11.8 Å². The molecule has 1 N–H and O–H groups in total. The smallest absolute Gasteiger partial charge is 0.242 e. The average Bonchev–Trinajstić information content (AvgIpc) is 3.30. The van der Waals surface area contributed by atoms with E-state index in [1.165, 1.54) is 0 Å². The van der Waals surface area contributed by atoms with Crippen molar-refractivity contribution >= 4 is 11.6 Å². The van der Waals surface area contributed by atoms with Crippen LogP contribution in [0.5, 0.6) is 5.75 Å². The predicted molar refractivity (Wildman–Crippen MR) is 76.6 cm³/mol. The number of carbonyl (C=O) groups excluding carboxylic acids is 1. The van der Waals surface area contributed by atoms with E-state index in [-0.39, 0.29) is 12.5 Å². The van der Waals surface area contributed by atoms with Crippen molar-refractivity contribution in [3.63, 3.8) is 0 Å². The zero-order chi connectivity index (χ0) is 14.5.